The maximum absolute atomic E-state index is 13.9. The molecule has 2 heterocycles. The fourth-order valence-corrected chi connectivity index (χ4v) is 2.65. The Morgan fingerprint density at radius 2 is 2.04 bits per heavy atom. The molecule has 1 aromatic carbocycles. The standard InChI is InChI=1S/C17H16FN3O2/c18-15-10-13(11-19)3-4-14(15)12-20-5-7-21(8-6-20)17(22)16-2-1-9-23-16/h1-4,9-10H,5-8,12H2. The van der Waals surface area contributed by atoms with E-state index in [1.165, 1.54) is 12.3 Å². The number of nitrogens with zero attached hydrogens (tertiary/aromatic N) is 3. The SMILES string of the molecule is N#Cc1ccc(CN2CCN(C(=O)c3ccco3)CC2)c(F)c1. The predicted octanol–water partition coefficient (Wildman–Crippen LogP) is 2.25. The normalized spacial score (nSPS) is 15.4. The highest BCUT2D eigenvalue weighted by atomic mass is 19.1. The molecule has 0 aliphatic carbocycles. The molecule has 2 aromatic rings. The zero-order chi connectivity index (χ0) is 16.2. The average Bonchev–Trinajstić information content (AvgIpc) is 3.11. The van der Waals surface area contributed by atoms with Crippen LogP contribution in [0.1, 0.15) is 21.7 Å². The van der Waals surface area contributed by atoms with Gasteiger partial charge in [-0.05, 0) is 24.3 Å². The summed E-state index contributed by atoms with van der Waals surface area (Å²) in [5, 5.41) is 8.76. The number of rotatable bonds is 3. The number of nitriles is 1. The number of halogens is 1. The number of hydrogen-bond donors (Lipinski definition) is 0. The van der Waals surface area contributed by atoms with Crippen LogP contribution in [0, 0.1) is 17.1 Å². The van der Waals surface area contributed by atoms with Gasteiger partial charge in [0, 0.05) is 38.3 Å². The van der Waals surface area contributed by atoms with Gasteiger partial charge in [0.1, 0.15) is 5.82 Å². The van der Waals surface area contributed by atoms with Gasteiger partial charge in [-0.25, -0.2) is 4.39 Å². The van der Waals surface area contributed by atoms with Gasteiger partial charge in [-0.15, -0.1) is 0 Å². The van der Waals surface area contributed by atoms with Gasteiger partial charge in [0.2, 0.25) is 0 Å². The van der Waals surface area contributed by atoms with Crippen LogP contribution in [0.3, 0.4) is 0 Å². The summed E-state index contributed by atoms with van der Waals surface area (Å²) in [7, 11) is 0. The summed E-state index contributed by atoms with van der Waals surface area (Å²) in [6.45, 7) is 2.98. The zero-order valence-electron chi connectivity index (χ0n) is 12.5. The summed E-state index contributed by atoms with van der Waals surface area (Å²) in [6.07, 6.45) is 1.48. The lowest BCUT2D eigenvalue weighted by molar-refractivity contribution is 0.0596. The van der Waals surface area contributed by atoms with Crippen LogP contribution in [0.5, 0.6) is 0 Å². The van der Waals surface area contributed by atoms with Crippen molar-refractivity contribution in [2.45, 2.75) is 6.54 Å². The monoisotopic (exact) mass is 313 g/mol. The van der Waals surface area contributed by atoms with Crippen molar-refractivity contribution in [1.29, 1.82) is 5.26 Å². The third-order valence-electron chi connectivity index (χ3n) is 3.97. The number of furan rings is 1. The minimum absolute atomic E-state index is 0.112. The van der Waals surface area contributed by atoms with Crippen LogP contribution in [-0.4, -0.2) is 41.9 Å². The smallest absolute Gasteiger partial charge is 0.289 e. The zero-order valence-corrected chi connectivity index (χ0v) is 12.5. The average molecular weight is 313 g/mol. The lowest BCUT2D eigenvalue weighted by Crippen LogP contribution is -2.48. The quantitative estimate of drug-likeness (QED) is 0.872. The van der Waals surface area contributed by atoms with Crippen LogP contribution in [0.25, 0.3) is 0 Å². The molecule has 0 bridgehead atoms. The Labute approximate surface area is 133 Å². The van der Waals surface area contributed by atoms with E-state index in [1.807, 2.05) is 6.07 Å². The number of hydrogen-bond acceptors (Lipinski definition) is 4. The molecule has 0 unspecified atom stereocenters. The predicted molar refractivity (Wildman–Crippen MR) is 81.0 cm³/mol. The minimum atomic E-state index is -0.363. The molecule has 0 atom stereocenters. The fraction of sp³-hybridized carbons (Fsp3) is 0.294. The van der Waals surface area contributed by atoms with Gasteiger partial charge in [-0.2, -0.15) is 5.26 Å². The molecule has 1 amide bonds. The molecule has 0 spiro atoms. The van der Waals surface area contributed by atoms with Crippen LogP contribution in [0.4, 0.5) is 4.39 Å². The number of piperazine rings is 1. The van der Waals surface area contributed by atoms with Crippen molar-refractivity contribution in [2.24, 2.45) is 0 Å². The Hall–Kier alpha value is -2.65. The van der Waals surface area contributed by atoms with Gasteiger partial charge in [0.05, 0.1) is 17.9 Å². The van der Waals surface area contributed by atoms with Gasteiger partial charge in [-0.3, -0.25) is 9.69 Å². The molecule has 5 nitrogen and oxygen atoms in total. The largest absolute Gasteiger partial charge is 0.459 e. The van der Waals surface area contributed by atoms with Crippen LogP contribution in [0.2, 0.25) is 0 Å². The van der Waals surface area contributed by atoms with Crippen molar-refractivity contribution in [2.75, 3.05) is 26.2 Å². The highest BCUT2D eigenvalue weighted by Crippen LogP contribution is 2.15. The second-order valence-electron chi connectivity index (χ2n) is 5.46. The van der Waals surface area contributed by atoms with E-state index in [9.17, 15) is 9.18 Å². The second-order valence-corrected chi connectivity index (χ2v) is 5.46. The van der Waals surface area contributed by atoms with Gasteiger partial charge in [0.15, 0.2) is 5.76 Å². The van der Waals surface area contributed by atoms with Crippen molar-refractivity contribution in [3.8, 4) is 6.07 Å². The van der Waals surface area contributed by atoms with Crippen molar-refractivity contribution in [3.05, 3.63) is 59.3 Å². The van der Waals surface area contributed by atoms with Gasteiger partial charge in [0.25, 0.3) is 5.91 Å². The summed E-state index contributed by atoms with van der Waals surface area (Å²) in [4.78, 5) is 16.0. The van der Waals surface area contributed by atoms with Gasteiger partial charge in [-0.1, -0.05) is 6.07 Å². The summed E-state index contributed by atoms with van der Waals surface area (Å²) in [6, 6.07) is 9.79. The summed E-state index contributed by atoms with van der Waals surface area (Å²) < 4.78 is 19.1. The first-order valence-corrected chi connectivity index (χ1v) is 7.41. The number of benzene rings is 1. The Balaban J connectivity index is 1.57. The van der Waals surface area contributed by atoms with Gasteiger partial charge >= 0.3 is 0 Å². The maximum atomic E-state index is 13.9. The Morgan fingerprint density at radius 1 is 1.26 bits per heavy atom. The molecule has 23 heavy (non-hydrogen) atoms. The highest BCUT2D eigenvalue weighted by molar-refractivity contribution is 5.91. The van der Waals surface area contributed by atoms with E-state index in [0.29, 0.717) is 49.6 Å². The lowest BCUT2D eigenvalue weighted by Gasteiger charge is -2.34. The topological polar surface area (TPSA) is 60.5 Å². The molecule has 118 valence electrons. The molecule has 0 saturated carbocycles. The Bertz CT molecular complexity index is 729. The summed E-state index contributed by atoms with van der Waals surface area (Å²) in [5.74, 6) is -0.131. The highest BCUT2D eigenvalue weighted by Gasteiger charge is 2.24. The van der Waals surface area contributed by atoms with E-state index in [-0.39, 0.29) is 11.7 Å². The number of carbonyl (C=O) groups excluding carboxylic acids is 1. The lowest BCUT2D eigenvalue weighted by atomic mass is 10.1. The van der Waals surface area contributed by atoms with E-state index in [2.05, 4.69) is 4.90 Å². The first-order valence-electron chi connectivity index (χ1n) is 7.41. The summed E-state index contributed by atoms with van der Waals surface area (Å²) >= 11 is 0. The van der Waals surface area contributed by atoms with E-state index in [1.54, 1.807) is 29.2 Å². The molecule has 0 N–H and O–H groups in total. The Kier molecular flexibility index (Phi) is 4.40. The van der Waals surface area contributed by atoms with Crippen molar-refractivity contribution < 1.29 is 13.6 Å². The molecule has 0 radical (unpaired) electrons. The maximum Gasteiger partial charge on any atom is 0.289 e. The fourth-order valence-electron chi connectivity index (χ4n) is 2.65. The molecule has 1 aliphatic heterocycles. The molecule has 6 heteroatoms. The molecule has 1 saturated heterocycles. The van der Waals surface area contributed by atoms with Crippen molar-refractivity contribution in [3.63, 3.8) is 0 Å². The van der Waals surface area contributed by atoms with Crippen LogP contribution in [-0.2, 0) is 6.54 Å². The van der Waals surface area contributed by atoms with E-state index >= 15 is 0 Å². The molecule has 1 aromatic heterocycles. The van der Waals surface area contributed by atoms with Gasteiger partial charge < -0.3 is 9.32 Å². The molecule has 1 aliphatic rings. The van der Waals surface area contributed by atoms with E-state index < -0.39 is 0 Å². The third-order valence-corrected chi connectivity index (χ3v) is 3.97. The third kappa shape index (κ3) is 3.41. The molecule has 1 fully saturated rings. The first-order chi connectivity index (χ1) is 11.2. The molecule has 3 rings (SSSR count). The minimum Gasteiger partial charge on any atom is -0.459 e. The molecular formula is C17H16FN3O2. The van der Waals surface area contributed by atoms with Crippen LogP contribution in [0.15, 0.2) is 41.0 Å². The second kappa shape index (κ2) is 6.63. The van der Waals surface area contributed by atoms with E-state index in [0.717, 1.165) is 0 Å². The summed E-state index contributed by atoms with van der Waals surface area (Å²) in [5.41, 5.74) is 0.884. The van der Waals surface area contributed by atoms with Crippen LogP contribution < -0.4 is 0 Å². The van der Waals surface area contributed by atoms with Crippen LogP contribution >= 0.6 is 0 Å². The van der Waals surface area contributed by atoms with E-state index in [4.69, 9.17) is 9.68 Å². The molecular weight excluding hydrogens is 297 g/mol. The Morgan fingerprint density at radius 3 is 2.65 bits per heavy atom. The van der Waals surface area contributed by atoms with Crippen molar-refractivity contribution in [1.82, 2.24) is 9.80 Å². The van der Waals surface area contributed by atoms with Crippen molar-refractivity contribution >= 4 is 5.91 Å². The first kappa shape index (κ1) is 15.3. The number of carbonyl (C=O) groups is 1. The number of amides is 1.